The molecule has 0 unspecified atom stereocenters. The molecule has 0 spiro atoms. The van der Waals surface area contributed by atoms with E-state index in [1.54, 1.807) is 31.4 Å². The molecule has 0 aromatic heterocycles. The summed E-state index contributed by atoms with van der Waals surface area (Å²) in [4.78, 5) is 36.3. The number of esters is 1. The van der Waals surface area contributed by atoms with Gasteiger partial charge in [-0.2, -0.15) is 0 Å². The van der Waals surface area contributed by atoms with Crippen LogP contribution in [0.2, 0.25) is 0 Å². The van der Waals surface area contributed by atoms with Gasteiger partial charge < -0.3 is 24.8 Å². The lowest BCUT2D eigenvalue weighted by atomic mass is 10.1. The number of hydrogen-bond donors (Lipinski definition) is 2. The van der Waals surface area contributed by atoms with Crippen LogP contribution >= 0.6 is 0 Å². The van der Waals surface area contributed by atoms with Crippen molar-refractivity contribution in [1.29, 1.82) is 0 Å². The largest absolute Gasteiger partial charge is 0.496 e. The van der Waals surface area contributed by atoms with E-state index in [-0.39, 0.29) is 18.1 Å². The fourth-order valence-corrected chi connectivity index (χ4v) is 2.87. The maximum atomic E-state index is 12.3. The molecule has 2 N–H and O–H groups in total. The van der Waals surface area contributed by atoms with Gasteiger partial charge in [0.05, 0.1) is 7.11 Å². The first kappa shape index (κ1) is 20.9. The number of rotatable bonds is 9. The number of benzene rings is 2. The van der Waals surface area contributed by atoms with Crippen LogP contribution in [0.25, 0.3) is 0 Å². The Morgan fingerprint density at radius 2 is 1.80 bits per heavy atom. The molecule has 0 saturated heterocycles. The topological polar surface area (TPSA) is 103 Å². The number of nitrogens with one attached hydrogen (secondary N) is 2. The predicted octanol–water partition coefficient (Wildman–Crippen LogP) is 1.82. The average molecular weight is 410 g/mol. The highest BCUT2D eigenvalue weighted by Gasteiger charge is 2.32. The predicted molar refractivity (Wildman–Crippen MR) is 109 cm³/mol. The maximum Gasteiger partial charge on any atom is 0.347 e. The van der Waals surface area contributed by atoms with E-state index in [1.807, 2.05) is 30.3 Å². The molecule has 1 aliphatic heterocycles. The van der Waals surface area contributed by atoms with Gasteiger partial charge in [0.25, 0.3) is 5.91 Å². The minimum atomic E-state index is -0.907. The molecule has 0 fully saturated rings. The summed E-state index contributed by atoms with van der Waals surface area (Å²) in [5.41, 5.74) is 1.37. The molecular weight excluding hydrogens is 388 g/mol. The second kappa shape index (κ2) is 10.1. The number of amides is 1. The summed E-state index contributed by atoms with van der Waals surface area (Å²) in [6, 6.07) is 16.5. The number of ketones is 1. The zero-order valence-corrected chi connectivity index (χ0v) is 16.5. The lowest BCUT2D eigenvalue weighted by Gasteiger charge is -2.10. The molecule has 2 aromatic rings. The second-order valence-corrected chi connectivity index (χ2v) is 6.39. The second-order valence-electron chi connectivity index (χ2n) is 6.39. The van der Waals surface area contributed by atoms with E-state index in [9.17, 15) is 14.4 Å². The number of carbonyl (C=O) groups excluding carboxylic acids is 3. The molecule has 3 rings (SSSR count). The molecule has 156 valence electrons. The van der Waals surface area contributed by atoms with Gasteiger partial charge >= 0.3 is 5.97 Å². The fourth-order valence-electron chi connectivity index (χ4n) is 2.87. The van der Waals surface area contributed by atoms with Crippen LogP contribution in [0.1, 0.15) is 5.56 Å². The molecule has 30 heavy (non-hydrogen) atoms. The summed E-state index contributed by atoms with van der Waals surface area (Å²) in [5, 5.41) is 5.55. The zero-order valence-electron chi connectivity index (χ0n) is 16.5. The molecule has 0 bridgehead atoms. The van der Waals surface area contributed by atoms with E-state index >= 15 is 0 Å². The van der Waals surface area contributed by atoms with Crippen LogP contribution in [0.5, 0.6) is 5.75 Å². The quantitative estimate of drug-likeness (QED) is 0.480. The lowest BCUT2D eigenvalue weighted by molar-refractivity contribution is -0.145. The first-order valence-corrected chi connectivity index (χ1v) is 9.36. The maximum absolute atomic E-state index is 12.3. The average Bonchev–Trinajstić information content (AvgIpc) is 3.13. The van der Waals surface area contributed by atoms with Gasteiger partial charge in [0.15, 0.2) is 18.8 Å². The Hall–Kier alpha value is -3.81. The minimum absolute atomic E-state index is 0.0211. The van der Waals surface area contributed by atoms with Crippen LogP contribution < -0.4 is 15.4 Å². The van der Waals surface area contributed by atoms with Gasteiger partial charge in [-0.05, 0) is 30.2 Å². The highest BCUT2D eigenvalue weighted by atomic mass is 16.5. The van der Waals surface area contributed by atoms with E-state index < -0.39 is 24.3 Å². The molecule has 0 aliphatic carbocycles. The summed E-state index contributed by atoms with van der Waals surface area (Å²) in [6.45, 7) is -0.410. The zero-order chi connectivity index (χ0) is 21.3. The summed E-state index contributed by atoms with van der Waals surface area (Å²) in [5.74, 6) is -1.12. The first-order chi connectivity index (χ1) is 14.6. The van der Waals surface area contributed by atoms with E-state index in [0.29, 0.717) is 18.7 Å². The molecule has 8 heteroatoms. The fraction of sp³-hybridized carbons (Fsp3) is 0.227. The Morgan fingerprint density at radius 1 is 1.07 bits per heavy atom. The summed E-state index contributed by atoms with van der Waals surface area (Å²) in [6.07, 6.45) is 0.562. The molecular formula is C22H22N2O6. The van der Waals surface area contributed by atoms with Gasteiger partial charge in [-0.1, -0.05) is 36.4 Å². The third-order valence-corrected chi connectivity index (χ3v) is 4.33. The van der Waals surface area contributed by atoms with Gasteiger partial charge in [-0.15, -0.1) is 0 Å². The Kier molecular flexibility index (Phi) is 7.05. The van der Waals surface area contributed by atoms with Crippen molar-refractivity contribution in [2.24, 2.45) is 0 Å². The number of Topliss-reactive ketones (excluding diaryl/α,β-unsaturated/α-hetero) is 1. The summed E-state index contributed by atoms with van der Waals surface area (Å²) < 4.78 is 15.5. The van der Waals surface area contributed by atoms with Crippen molar-refractivity contribution >= 4 is 23.3 Å². The highest BCUT2D eigenvalue weighted by Crippen LogP contribution is 2.20. The van der Waals surface area contributed by atoms with Crippen LogP contribution in [-0.2, 0) is 30.3 Å². The number of carbonyl (C=O) groups is 3. The molecule has 1 heterocycles. The third-order valence-electron chi connectivity index (χ3n) is 4.33. The number of hydrogen-bond acceptors (Lipinski definition) is 7. The van der Waals surface area contributed by atoms with E-state index in [0.717, 1.165) is 11.3 Å². The lowest BCUT2D eigenvalue weighted by Crippen LogP contribution is -2.31. The van der Waals surface area contributed by atoms with Crippen molar-refractivity contribution in [2.75, 3.05) is 32.2 Å². The van der Waals surface area contributed by atoms with Crippen molar-refractivity contribution in [1.82, 2.24) is 5.32 Å². The van der Waals surface area contributed by atoms with Gasteiger partial charge in [-0.25, -0.2) is 4.79 Å². The smallest absolute Gasteiger partial charge is 0.347 e. The molecule has 1 aliphatic rings. The normalized spacial score (nSPS) is 12.9. The minimum Gasteiger partial charge on any atom is -0.496 e. The Labute approximate surface area is 173 Å². The van der Waals surface area contributed by atoms with Gasteiger partial charge in [0.1, 0.15) is 5.75 Å². The van der Waals surface area contributed by atoms with Gasteiger partial charge in [-0.3, -0.25) is 9.59 Å². The number of methoxy groups -OCH3 is 1. The van der Waals surface area contributed by atoms with Crippen molar-refractivity contribution in [2.45, 2.75) is 6.42 Å². The molecule has 8 nitrogen and oxygen atoms in total. The summed E-state index contributed by atoms with van der Waals surface area (Å²) in [7, 11) is 1.58. The van der Waals surface area contributed by atoms with Crippen LogP contribution in [-0.4, -0.2) is 44.5 Å². The van der Waals surface area contributed by atoms with Gasteiger partial charge in [0.2, 0.25) is 11.7 Å². The summed E-state index contributed by atoms with van der Waals surface area (Å²) >= 11 is 0. The van der Waals surface area contributed by atoms with Crippen LogP contribution in [0, 0.1) is 0 Å². The number of para-hydroxylation sites is 2. The first-order valence-electron chi connectivity index (χ1n) is 9.36. The van der Waals surface area contributed by atoms with Crippen LogP contribution in [0.4, 0.5) is 5.69 Å². The van der Waals surface area contributed by atoms with E-state index in [2.05, 4.69) is 10.6 Å². The van der Waals surface area contributed by atoms with Crippen molar-refractivity contribution in [3.63, 3.8) is 0 Å². The third kappa shape index (κ3) is 5.38. The number of ether oxygens (including phenoxy) is 3. The molecule has 2 aromatic carbocycles. The molecule has 0 saturated carbocycles. The van der Waals surface area contributed by atoms with E-state index in [4.69, 9.17) is 14.2 Å². The Bertz CT molecular complexity index is 955. The van der Waals surface area contributed by atoms with Gasteiger partial charge in [0, 0.05) is 12.2 Å². The van der Waals surface area contributed by atoms with Crippen LogP contribution in [0.15, 0.2) is 66.1 Å². The SMILES string of the molecule is COc1ccccc1CCNC(=O)COC(=O)C1=C(Nc2ccccc2)OCC1=O. The standard InChI is InChI=1S/C22H22N2O6/c1-28-18-10-6-5-7-15(18)11-12-23-19(26)14-30-22(27)20-17(25)13-29-21(20)24-16-8-3-2-4-9-16/h2-10,24H,11-14H2,1H3,(H,23,26). The highest BCUT2D eigenvalue weighted by molar-refractivity contribution is 6.20. The Morgan fingerprint density at radius 3 is 2.57 bits per heavy atom. The van der Waals surface area contributed by atoms with Crippen molar-refractivity contribution in [3.05, 3.63) is 71.6 Å². The molecule has 0 radical (unpaired) electrons. The van der Waals surface area contributed by atoms with Crippen molar-refractivity contribution < 1.29 is 28.6 Å². The molecule has 0 atom stereocenters. The van der Waals surface area contributed by atoms with Crippen LogP contribution in [0.3, 0.4) is 0 Å². The molecule has 1 amide bonds. The number of anilines is 1. The monoisotopic (exact) mass is 410 g/mol. The van der Waals surface area contributed by atoms with Crippen molar-refractivity contribution in [3.8, 4) is 5.75 Å². The van der Waals surface area contributed by atoms with E-state index in [1.165, 1.54) is 0 Å². The Balaban J connectivity index is 1.50.